The normalized spacial score (nSPS) is 12.4. The van der Waals surface area contributed by atoms with Gasteiger partial charge in [0.1, 0.15) is 0 Å². The van der Waals surface area contributed by atoms with Crippen molar-refractivity contribution in [3.8, 4) is 0 Å². The lowest BCUT2D eigenvalue weighted by molar-refractivity contribution is 0.497. The summed E-state index contributed by atoms with van der Waals surface area (Å²) in [4.78, 5) is 0. The maximum Gasteiger partial charge on any atom is 0.159 e. The zero-order valence-electron chi connectivity index (χ0n) is 11.6. The summed E-state index contributed by atoms with van der Waals surface area (Å²) in [5.41, 5.74) is 6.75. The van der Waals surface area contributed by atoms with Crippen LogP contribution >= 0.6 is 0 Å². The molecule has 0 aliphatic carbocycles. The number of rotatable bonds is 4. The lowest BCUT2D eigenvalue weighted by Crippen LogP contribution is -2.30. The molecular formula is C16H18F2N2. The molecular weight excluding hydrogens is 258 g/mol. The van der Waals surface area contributed by atoms with E-state index in [1.165, 1.54) is 6.07 Å². The summed E-state index contributed by atoms with van der Waals surface area (Å²) >= 11 is 0. The quantitative estimate of drug-likeness (QED) is 0.664. The van der Waals surface area contributed by atoms with Crippen molar-refractivity contribution in [2.24, 2.45) is 5.84 Å². The Balaban J connectivity index is 2.28. The molecule has 0 fully saturated rings. The fourth-order valence-electron chi connectivity index (χ4n) is 2.24. The van der Waals surface area contributed by atoms with E-state index in [1.54, 1.807) is 6.07 Å². The maximum atomic E-state index is 13.3. The molecule has 3 N–H and O–H groups in total. The van der Waals surface area contributed by atoms with Gasteiger partial charge in [0.25, 0.3) is 0 Å². The largest absolute Gasteiger partial charge is 0.271 e. The van der Waals surface area contributed by atoms with E-state index in [-0.39, 0.29) is 6.04 Å². The Morgan fingerprint density at radius 1 is 1.05 bits per heavy atom. The van der Waals surface area contributed by atoms with Gasteiger partial charge in [0.15, 0.2) is 11.6 Å². The van der Waals surface area contributed by atoms with Gasteiger partial charge in [-0.1, -0.05) is 29.8 Å². The Hall–Kier alpha value is -1.78. The lowest BCUT2D eigenvalue weighted by Gasteiger charge is -2.18. The van der Waals surface area contributed by atoms with E-state index in [9.17, 15) is 8.78 Å². The SMILES string of the molecule is Cc1ccc(C)c(CC(NN)c2ccc(F)c(F)c2)c1. The number of aryl methyl sites for hydroxylation is 2. The summed E-state index contributed by atoms with van der Waals surface area (Å²) in [6.45, 7) is 4.04. The molecule has 0 bridgehead atoms. The van der Waals surface area contributed by atoms with Crippen LogP contribution < -0.4 is 11.3 Å². The molecule has 2 nitrogen and oxygen atoms in total. The molecule has 0 spiro atoms. The van der Waals surface area contributed by atoms with Gasteiger partial charge in [0.05, 0.1) is 6.04 Å². The topological polar surface area (TPSA) is 38.0 Å². The summed E-state index contributed by atoms with van der Waals surface area (Å²) in [6, 6.07) is 9.77. The third-order valence-corrected chi connectivity index (χ3v) is 3.48. The molecule has 0 saturated carbocycles. The predicted molar refractivity (Wildman–Crippen MR) is 76.0 cm³/mol. The molecule has 0 amide bonds. The summed E-state index contributed by atoms with van der Waals surface area (Å²) in [5.74, 6) is 3.85. The van der Waals surface area contributed by atoms with Crippen molar-refractivity contribution in [2.45, 2.75) is 26.3 Å². The molecule has 20 heavy (non-hydrogen) atoms. The van der Waals surface area contributed by atoms with Crippen LogP contribution in [0.15, 0.2) is 36.4 Å². The zero-order chi connectivity index (χ0) is 14.7. The molecule has 1 unspecified atom stereocenters. The first-order valence-corrected chi connectivity index (χ1v) is 6.48. The molecule has 0 heterocycles. The molecule has 4 heteroatoms. The summed E-state index contributed by atoms with van der Waals surface area (Å²) in [5, 5.41) is 0. The van der Waals surface area contributed by atoms with Crippen LogP contribution in [0.25, 0.3) is 0 Å². The molecule has 1 atom stereocenters. The van der Waals surface area contributed by atoms with E-state index in [2.05, 4.69) is 11.5 Å². The number of hydrogen-bond acceptors (Lipinski definition) is 2. The van der Waals surface area contributed by atoms with E-state index in [1.807, 2.05) is 26.0 Å². The van der Waals surface area contributed by atoms with Gasteiger partial charge in [0.2, 0.25) is 0 Å². The van der Waals surface area contributed by atoms with Gasteiger partial charge < -0.3 is 0 Å². The smallest absolute Gasteiger partial charge is 0.159 e. The highest BCUT2D eigenvalue weighted by Crippen LogP contribution is 2.22. The van der Waals surface area contributed by atoms with Crippen LogP contribution in [0.2, 0.25) is 0 Å². The molecule has 2 aromatic carbocycles. The van der Waals surface area contributed by atoms with Gasteiger partial charge in [-0.05, 0) is 49.1 Å². The van der Waals surface area contributed by atoms with Crippen molar-refractivity contribution < 1.29 is 8.78 Å². The van der Waals surface area contributed by atoms with E-state index in [4.69, 9.17) is 5.84 Å². The van der Waals surface area contributed by atoms with Gasteiger partial charge in [-0.2, -0.15) is 0 Å². The minimum absolute atomic E-state index is 0.259. The molecule has 0 aromatic heterocycles. The third kappa shape index (κ3) is 3.21. The second kappa shape index (κ2) is 6.11. The highest BCUT2D eigenvalue weighted by atomic mass is 19.2. The van der Waals surface area contributed by atoms with E-state index in [0.717, 1.165) is 22.8 Å². The molecule has 0 aliphatic heterocycles. The monoisotopic (exact) mass is 276 g/mol. The highest BCUT2D eigenvalue weighted by Gasteiger charge is 2.14. The molecule has 0 aliphatic rings. The van der Waals surface area contributed by atoms with Gasteiger partial charge in [-0.3, -0.25) is 11.3 Å². The molecule has 2 aromatic rings. The second-order valence-electron chi connectivity index (χ2n) is 5.03. The predicted octanol–water partition coefficient (Wildman–Crippen LogP) is 3.33. The highest BCUT2D eigenvalue weighted by molar-refractivity contribution is 5.33. The minimum atomic E-state index is -0.858. The average molecular weight is 276 g/mol. The Kier molecular flexibility index (Phi) is 4.47. The average Bonchev–Trinajstić information content (AvgIpc) is 2.43. The Labute approximate surface area is 117 Å². The van der Waals surface area contributed by atoms with Crippen LogP contribution in [0.5, 0.6) is 0 Å². The summed E-state index contributed by atoms with van der Waals surface area (Å²) in [6.07, 6.45) is 0.620. The standard InChI is InChI=1S/C16H18F2N2/c1-10-3-4-11(2)13(7-10)9-16(20-19)12-5-6-14(17)15(18)8-12/h3-8,16,20H,9,19H2,1-2H3. The van der Waals surface area contributed by atoms with Crippen LogP contribution in [0, 0.1) is 25.5 Å². The van der Waals surface area contributed by atoms with Crippen LogP contribution in [-0.4, -0.2) is 0 Å². The van der Waals surface area contributed by atoms with Crippen LogP contribution in [-0.2, 0) is 6.42 Å². The number of hydrazine groups is 1. The summed E-state index contributed by atoms with van der Waals surface area (Å²) < 4.78 is 26.3. The van der Waals surface area contributed by atoms with E-state index < -0.39 is 11.6 Å². The van der Waals surface area contributed by atoms with Gasteiger partial charge in [0, 0.05) is 0 Å². The number of benzene rings is 2. The third-order valence-electron chi connectivity index (χ3n) is 3.48. The Morgan fingerprint density at radius 2 is 1.80 bits per heavy atom. The maximum absolute atomic E-state index is 13.3. The number of nitrogens with two attached hydrogens (primary N) is 1. The first-order chi connectivity index (χ1) is 9.51. The van der Waals surface area contributed by atoms with Crippen LogP contribution in [0.1, 0.15) is 28.3 Å². The van der Waals surface area contributed by atoms with Crippen LogP contribution in [0.3, 0.4) is 0 Å². The molecule has 2 rings (SSSR count). The van der Waals surface area contributed by atoms with Crippen molar-refractivity contribution in [1.29, 1.82) is 0 Å². The number of hydrogen-bond donors (Lipinski definition) is 2. The Morgan fingerprint density at radius 3 is 2.45 bits per heavy atom. The van der Waals surface area contributed by atoms with Crippen molar-refractivity contribution in [1.82, 2.24) is 5.43 Å². The van der Waals surface area contributed by atoms with Gasteiger partial charge >= 0.3 is 0 Å². The summed E-state index contributed by atoms with van der Waals surface area (Å²) in [7, 11) is 0. The minimum Gasteiger partial charge on any atom is -0.271 e. The fourth-order valence-corrected chi connectivity index (χ4v) is 2.24. The van der Waals surface area contributed by atoms with Crippen LogP contribution in [0.4, 0.5) is 8.78 Å². The van der Waals surface area contributed by atoms with Crippen molar-refractivity contribution in [2.75, 3.05) is 0 Å². The molecule has 0 saturated heterocycles. The number of nitrogens with one attached hydrogen (secondary N) is 1. The zero-order valence-corrected chi connectivity index (χ0v) is 11.6. The van der Waals surface area contributed by atoms with Gasteiger partial charge in [-0.15, -0.1) is 0 Å². The van der Waals surface area contributed by atoms with E-state index in [0.29, 0.717) is 12.0 Å². The Bertz CT molecular complexity index is 611. The number of halogens is 2. The first kappa shape index (κ1) is 14.6. The second-order valence-corrected chi connectivity index (χ2v) is 5.03. The van der Waals surface area contributed by atoms with Gasteiger partial charge in [-0.25, -0.2) is 8.78 Å². The molecule has 106 valence electrons. The van der Waals surface area contributed by atoms with Crippen molar-refractivity contribution in [3.63, 3.8) is 0 Å². The fraction of sp³-hybridized carbons (Fsp3) is 0.250. The van der Waals surface area contributed by atoms with E-state index >= 15 is 0 Å². The lowest BCUT2D eigenvalue weighted by atomic mass is 9.95. The van der Waals surface area contributed by atoms with Crippen molar-refractivity contribution in [3.05, 3.63) is 70.3 Å². The molecule has 0 radical (unpaired) electrons. The van der Waals surface area contributed by atoms with Crippen molar-refractivity contribution >= 4 is 0 Å². The first-order valence-electron chi connectivity index (χ1n) is 6.48.